The molecule has 0 unspecified atom stereocenters. The zero-order valence-electron chi connectivity index (χ0n) is 29.3. The number of likely N-dealkylation sites (tertiary alicyclic amines) is 1. The van der Waals surface area contributed by atoms with Gasteiger partial charge in [-0.25, -0.2) is 0 Å². The topological polar surface area (TPSA) is 91.1 Å². The summed E-state index contributed by atoms with van der Waals surface area (Å²) >= 11 is 3.66. The summed E-state index contributed by atoms with van der Waals surface area (Å²) in [5, 5.41) is 17.1. The molecule has 266 valence electrons. The number of ether oxygens (including phenoxy) is 3. The minimum Gasteiger partial charge on any atom is -0.494 e. The van der Waals surface area contributed by atoms with Gasteiger partial charge in [-0.1, -0.05) is 74.5 Å². The predicted molar refractivity (Wildman–Crippen MR) is 211 cm³/mol. The Hall–Kier alpha value is -4.41. The van der Waals surface area contributed by atoms with Crippen LogP contribution in [0.2, 0.25) is 0 Å². The number of carbonyl (C=O) groups is 1. The lowest BCUT2D eigenvalue weighted by Gasteiger charge is -2.31. The van der Waals surface area contributed by atoms with Crippen LogP contribution in [0.3, 0.4) is 0 Å². The lowest BCUT2D eigenvalue weighted by Crippen LogP contribution is -2.41. The molecule has 10 heteroatoms. The van der Waals surface area contributed by atoms with Gasteiger partial charge >= 0.3 is 0 Å². The molecule has 0 bridgehead atoms. The van der Waals surface area contributed by atoms with Gasteiger partial charge in [0.05, 0.1) is 41.9 Å². The van der Waals surface area contributed by atoms with Crippen molar-refractivity contribution in [2.75, 3.05) is 38.4 Å². The number of amides is 1. The Balaban J connectivity index is 1.05. The van der Waals surface area contributed by atoms with E-state index < -0.39 is 4.92 Å². The van der Waals surface area contributed by atoms with Gasteiger partial charge < -0.3 is 19.1 Å². The van der Waals surface area contributed by atoms with Crippen LogP contribution in [-0.4, -0.2) is 64.7 Å². The fourth-order valence-corrected chi connectivity index (χ4v) is 9.69. The van der Waals surface area contributed by atoms with Crippen LogP contribution in [-0.2, 0) is 0 Å². The number of thioether (sulfide) groups is 2. The molecule has 6 rings (SSSR count). The van der Waals surface area contributed by atoms with E-state index in [0.29, 0.717) is 31.9 Å². The first-order valence-corrected chi connectivity index (χ1v) is 19.7. The van der Waals surface area contributed by atoms with Crippen LogP contribution < -0.4 is 14.2 Å². The van der Waals surface area contributed by atoms with E-state index in [1.807, 2.05) is 40.6 Å². The second-order valence-corrected chi connectivity index (χ2v) is 15.5. The van der Waals surface area contributed by atoms with Crippen LogP contribution in [0.4, 0.5) is 5.69 Å². The number of nitro groups is 1. The summed E-state index contributed by atoms with van der Waals surface area (Å²) in [6.07, 6.45) is 3.16. The van der Waals surface area contributed by atoms with Crippen LogP contribution in [0.25, 0.3) is 32.7 Å². The fourth-order valence-electron chi connectivity index (χ4n) is 6.83. The monoisotopic (exact) mass is 724 g/mol. The number of carbonyl (C=O) groups excluding carboxylic acids is 1. The second-order valence-electron chi connectivity index (χ2n) is 12.4. The Morgan fingerprint density at radius 1 is 0.863 bits per heavy atom. The lowest BCUT2D eigenvalue weighted by atomic mass is 9.93. The highest BCUT2D eigenvalue weighted by molar-refractivity contribution is 8.17. The first-order valence-electron chi connectivity index (χ1n) is 17.6. The molecule has 0 radical (unpaired) electrons. The van der Waals surface area contributed by atoms with E-state index in [-0.39, 0.29) is 33.5 Å². The molecule has 0 spiro atoms. The largest absolute Gasteiger partial charge is 0.494 e. The first-order chi connectivity index (χ1) is 24.9. The molecule has 1 heterocycles. The molecule has 5 aromatic carbocycles. The van der Waals surface area contributed by atoms with Crippen molar-refractivity contribution in [3.05, 3.63) is 107 Å². The summed E-state index contributed by atoms with van der Waals surface area (Å²) < 4.78 is 17.8. The molecule has 1 aliphatic heterocycles. The second kappa shape index (κ2) is 17.2. The van der Waals surface area contributed by atoms with Gasteiger partial charge in [-0.3, -0.25) is 14.9 Å². The third-order valence-corrected chi connectivity index (χ3v) is 12.0. The Bertz CT molecular complexity index is 1980. The minimum absolute atomic E-state index is 0.0269. The molecule has 0 saturated carbocycles. The third-order valence-electron chi connectivity index (χ3n) is 9.24. The van der Waals surface area contributed by atoms with Gasteiger partial charge in [0.2, 0.25) is 0 Å². The molecule has 0 aromatic heterocycles. The smallest absolute Gasteiger partial charge is 0.286 e. The van der Waals surface area contributed by atoms with Gasteiger partial charge in [-0.15, -0.1) is 23.5 Å². The van der Waals surface area contributed by atoms with Crippen molar-refractivity contribution >= 4 is 56.7 Å². The minimum atomic E-state index is -0.509. The van der Waals surface area contributed by atoms with E-state index in [0.717, 1.165) is 42.1 Å². The molecular weight excluding hydrogens is 681 g/mol. The van der Waals surface area contributed by atoms with Crippen molar-refractivity contribution in [2.24, 2.45) is 0 Å². The maximum Gasteiger partial charge on any atom is 0.286 e. The number of nitrogens with zero attached hydrogens (tertiary/aromatic N) is 2. The van der Waals surface area contributed by atoms with E-state index >= 15 is 0 Å². The average Bonchev–Trinajstić information content (AvgIpc) is 3.65. The van der Waals surface area contributed by atoms with E-state index in [1.54, 1.807) is 0 Å². The lowest BCUT2D eigenvalue weighted by molar-refractivity contribution is -0.385. The van der Waals surface area contributed by atoms with Gasteiger partial charge in [0.15, 0.2) is 11.5 Å². The summed E-state index contributed by atoms with van der Waals surface area (Å²) in [6, 6.07) is 30.2. The summed E-state index contributed by atoms with van der Waals surface area (Å²) in [7, 11) is 1.48. The fraction of sp³-hybridized carbons (Fsp3) is 0.341. The maximum absolute atomic E-state index is 13.8. The molecule has 51 heavy (non-hydrogen) atoms. The zero-order chi connectivity index (χ0) is 35.7. The molecule has 0 N–H and O–H groups in total. The molecule has 0 aliphatic carbocycles. The Labute approximate surface area is 308 Å². The van der Waals surface area contributed by atoms with Crippen LogP contribution in [0.15, 0.2) is 91.0 Å². The number of benzene rings is 5. The highest BCUT2D eigenvalue weighted by Gasteiger charge is 2.38. The number of hydrogen-bond acceptors (Lipinski definition) is 8. The van der Waals surface area contributed by atoms with Crippen molar-refractivity contribution in [2.45, 2.75) is 50.2 Å². The quantitative estimate of drug-likeness (QED) is 0.0327. The molecule has 1 amide bonds. The van der Waals surface area contributed by atoms with E-state index in [2.05, 4.69) is 80.6 Å². The van der Waals surface area contributed by atoms with Gasteiger partial charge in [0.1, 0.15) is 11.3 Å². The number of hydrogen-bond donors (Lipinski definition) is 0. The van der Waals surface area contributed by atoms with Gasteiger partial charge in [-0.05, 0) is 88.1 Å². The van der Waals surface area contributed by atoms with Gasteiger partial charge in [0.25, 0.3) is 11.6 Å². The first kappa shape index (κ1) is 36.4. The van der Waals surface area contributed by atoms with Crippen LogP contribution >= 0.6 is 23.5 Å². The SMILES string of the molecule is CCSC(SCC)[C@@H]1CCCN1C(=O)c1cc(OC)c(OCCCCOc2ccc(-c3cc4ccccc4c4ccccc34)cc2)cc1[N+](=O)[O-]. The van der Waals surface area contributed by atoms with Gasteiger partial charge in [-0.2, -0.15) is 0 Å². The highest BCUT2D eigenvalue weighted by atomic mass is 32.2. The summed E-state index contributed by atoms with van der Waals surface area (Å²) in [4.78, 5) is 27.3. The molecule has 1 fully saturated rings. The molecule has 1 atom stereocenters. The van der Waals surface area contributed by atoms with E-state index in [4.69, 9.17) is 14.2 Å². The molecule has 1 aliphatic rings. The van der Waals surface area contributed by atoms with Crippen molar-refractivity contribution in [3.8, 4) is 28.4 Å². The van der Waals surface area contributed by atoms with Crippen molar-refractivity contribution in [3.63, 3.8) is 0 Å². The predicted octanol–water partition coefficient (Wildman–Crippen LogP) is 10.3. The van der Waals surface area contributed by atoms with Crippen molar-refractivity contribution in [1.29, 1.82) is 0 Å². The summed E-state index contributed by atoms with van der Waals surface area (Å²) in [5.41, 5.74) is 2.08. The number of fused-ring (bicyclic) bond motifs is 3. The molecular formula is C41H44N2O6S2. The Morgan fingerprint density at radius 3 is 2.22 bits per heavy atom. The van der Waals surface area contributed by atoms with Gasteiger partial charge in [0, 0.05) is 12.6 Å². The average molecular weight is 725 g/mol. The van der Waals surface area contributed by atoms with E-state index in [9.17, 15) is 14.9 Å². The van der Waals surface area contributed by atoms with Crippen LogP contribution in [0, 0.1) is 10.1 Å². The van der Waals surface area contributed by atoms with Crippen LogP contribution in [0.1, 0.15) is 49.9 Å². The zero-order valence-corrected chi connectivity index (χ0v) is 31.0. The molecule has 1 saturated heterocycles. The van der Waals surface area contributed by atoms with Crippen molar-refractivity contribution in [1.82, 2.24) is 4.90 Å². The normalized spacial score (nSPS) is 14.4. The van der Waals surface area contributed by atoms with Crippen molar-refractivity contribution < 1.29 is 23.9 Å². The maximum atomic E-state index is 13.8. The Kier molecular flexibility index (Phi) is 12.3. The third kappa shape index (κ3) is 8.23. The number of nitro benzene ring substituents is 1. The standard InChI is InChI=1S/C41H44N2O6S2/c1-4-50-41(51-5-2)36-17-12-22-42(36)40(44)35-26-38(47-3)39(27-37(35)43(45)46)49-24-11-10-23-48-30-20-18-28(19-21-30)34-25-29-13-6-7-14-31(29)32-15-8-9-16-33(32)34/h6-9,13-16,18-21,25-27,36,41H,4-5,10-12,17,22-24H2,1-3H3/t36-/m0/s1. The Morgan fingerprint density at radius 2 is 1.53 bits per heavy atom. The highest BCUT2D eigenvalue weighted by Crippen LogP contribution is 2.40. The summed E-state index contributed by atoms with van der Waals surface area (Å²) in [6.45, 7) is 5.63. The van der Waals surface area contributed by atoms with E-state index in [1.165, 1.54) is 46.4 Å². The number of methoxy groups -OCH3 is 1. The summed E-state index contributed by atoms with van der Waals surface area (Å²) in [5.74, 6) is 2.90. The van der Waals surface area contributed by atoms with Crippen LogP contribution in [0.5, 0.6) is 17.2 Å². The molecule has 8 nitrogen and oxygen atoms in total. The number of rotatable bonds is 16. The molecule has 5 aromatic rings. The number of unbranched alkanes of at least 4 members (excludes halogenated alkanes) is 1.